The van der Waals surface area contributed by atoms with Crippen LogP contribution in [0.4, 0.5) is 0 Å². The molecule has 0 bridgehead atoms. The van der Waals surface area contributed by atoms with Crippen LogP contribution >= 0.6 is 0 Å². The Labute approximate surface area is 86.5 Å². The van der Waals surface area contributed by atoms with Gasteiger partial charge in [-0.2, -0.15) is 0 Å². The van der Waals surface area contributed by atoms with E-state index in [1.54, 1.807) is 0 Å². The van der Waals surface area contributed by atoms with Gasteiger partial charge in [-0.3, -0.25) is 9.59 Å². The minimum absolute atomic E-state index is 0.245. The maximum absolute atomic E-state index is 11.0. The largest absolute Gasteiger partial charge is 0.479 e. The molecule has 0 aliphatic heterocycles. The first-order chi connectivity index (χ1) is 6.75. The number of hydrogen-bond acceptors (Lipinski definition) is 4. The van der Waals surface area contributed by atoms with E-state index in [9.17, 15) is 19.5 Å². The van der Waals surface area contributed by atoms with Gasteiger partial charge in [0.05, 0.1) is 13.1 Å². The Hall–Kier alpha value is -1.63. The zero-order valence-corrected chi connectivity index (χ0v) is 8.53. The minimum atomic E-state index is -2.01. The summed E-state index contributed by atoms with van der Waals surface area (Å²) in [5.41, 5.74) is -2.01. The number of carbonyl (C=O) groups excluding carboxylic acids is 2. The number of hydrogen-bond donors (Lipinski definition) is 4. The van der Waals surface area contributed by atoms with Crippen LogP contribution in [0.25, 0.3) is 0 Å². The molecule has 7 heteroatoms. The van der Waals surface area contributed by atoms with Crippen molar-refractivity contribution in [1.29, 1.82) is 0 Å². The Morgan fingerprint density at radius 1 is 1.27 bits per heavy atom. The second-order valence-electron chi connectivity index (χ2n) is 3.27. The van der Waals surface area contributed by atoms with Crippen LogP contribution in [0.3, 0.4) is 0 Å². The standard InChI is InChI=1S/C8H14N2O5/c1-5(11)9-3-6(12)10-4-8(2,15)7(13)14/h15H,3-4H2,1-2H3,(H,9,11)(H,10,12)(H,13,14). The summed E-state index contributed by atoms with van der Waals surface area (Å²) >= 11 is 0. The molecule has 2 amide bonds. The summed E-state index contributed by atoms with van der Waals surface area (Å²) in [5.74, 6) is -2.36. The maximum Gasteiger partial charge on any atom is 0.337 e. The fourth-order valence-corrected chi connectivity index (χ4v) is 0.614. The lowest BCUT2D eigenvalue weighted by atomic mass is 10.1. The monoisotopic (exact) mass is 218 g/mol. The fraction of sp³-hybridized carbons (Fsp3) is 0.625. The smallest absolute Gasteiger partial charge is 0.337 e. The minimum Gasteiger partial charge on any atom is -0.479 e. The predicted molar refractivity (Wildman–Crippen MR) is 50.0 cm³/mol. The quantitative estimate of drug-likeness (QED) is 0.429. The molecule has 0 saturated heterocycles. The van der Waals surface area contributed by atoms with Crippen molar-refractivity contribution in [3.05, 3.63) is 0 Å². The van der Waals surface area contributed by atoms with Crippen molar-refractivity contribution in [2.75, 3.05) is 13.1 Å². The average molecular weight is 218 g/mol. The highest BCUT2D eigenvalue weighted by Crippen LogP contribution is 2.00. The van der Waals surface area contributed by atoms with Crippen LogP contribution in [0.2, 0.25) is 0 Å². The number of aliphatic carboxylic acids is 1. The molecule has 0 aromatic rings. The number of aliphatic hydroxyl groups is 1. The highest BCUT2D eigenvalue weighted by atomic mass is 16.4. The molecule has 15 heavy (non-hydrogen) atoms. The third-order valence-electron chi connectivity index (χ3n) is 1.59. The van der Waals surface area contributed by atoms with Gasteiger partial charge in [0.25, 0.3) is 0 Å². The molecular formula is C8H14N2O5. The molecule has 1 atom stereocenters. The first-order valence-corrected chi connectivity index (χ1v) is 4.22. The van der Waals surface area contributed by atoms with Gasteiger partial charge in [0.1, 0.15) is 0 Å². The fourth-order valence-electron chi connectivity index (χ4n) is 0.614. The highest BCUT2D eigenvalue weighted by molar-refractivity contribution is 5.84. The molecule has 86 valence electrons. The molecule has 0 aliphatic carbocycles. The van der Waals surface area contributed by atoms with Crippen LogP contribution in [-0.2, 0) is 14.4 Å². The van der Waals surface area contributed by atoms with Crippen molar-refractivity contribution < 1.29 is 24.6 Å². The lowest BCUT2D eigenvalue weighted by Gasteiger charge is -2.18. The van der Waals surface area contributed by atoms with Crippen molar-refractivity contribution >= 4 is 17.8 Å². The topological polar surface area (TPSA) is 116 Å². The molecular weight excluding hydrogens is 204 g/mol. The van der Waals surface area contributed by atoms with Gasteiger partial charge in [-0.25, -0.2) is 4.79 Å². The molecule has 0 aliphatic rings. The van der Waals surface area contributed by atoms with E-state index in [1.807, 2.05) is 0 Å². The van der Waals surface area contributed by atoms with Crippen LogP contribution in [0.5, 0.6) is 0 Å². The molecule has 0 saturated carbocycles. The lowest BCUT2D eigenvalue weighted by Crippen LogP contribution is -2.48. The molecule has 0 heterocycles. The second-order valence-corrected chi connectivity index (χ2v) is 3.27. The molecule has 0 spiro atoms. The summed E-state index contributed by atoms with van der Waals surface area (Å²) in [7, 11) is 0. The number of rotatable bonds is 5. The number of carboxylic acid groups (broad SMARTS) is 1. The first-order valence-electron chi connectivity index (χ1n) is 4.22. The number of amides is 2. The second kappa shape index (κ2) is 5.30. The molecule has 0 aromatic heterocycles. The first kappa shape index (κ1) is 13.4. The van der Waals surface area contributed by atoms with Crippen molar-refractivity contribution in [3.63, 3.8) is 0 Å². The van der Waals surface area contributed by atoms with Crippen molar-refractivity contribution in [3.8, 4) is 0 Å². The number of carbonyl (C=O) groups is 3. The zero-order valence-electron chi connectivity index (χ0n) is 8.53. The molecule has 4 N–H and O–H groups in total. The Balaban J connectivity index is 3.90. The van der Waals surface area contributed by atoms with E-state index in [2.05, 4.69) is 10.6 Å². The average Bonchev–Trinajstić information content (AvgIpc) is 2.11. The third-order valence-corrected chi connectivity index (χ3v) is 1.59. The van der Waals surface area contributed by atoms with Crippen molar-refractivity contribution in [2.24, 2.45) is 0 Å². The van der Waals surface area contributed by atoms with Gasteiger partial charge in [-0.05, 0) is 6.92 Å². The molecule has 1 unspecified atom stereocenters. The highest BCUT2D eigenvalue weighted by Gasteiger charge is 2.30. The number of carboxylic acids is 1. The van der Waals surface area contributed by atoms with E-state index in [0.29, 0.717) is 0 Å². The van der Waals surface area contributed by atoms with Gasteiger partial charge in [0.15, 0.2) is 5.60 Å². The SMILES string of the molecule is CC(=O)NCC(=O)NCC(C)(O)C(=O)O. The summed E-state index contributed by atoms with van der Waals surface area (Å²) < 4.78 is 0. The van der Waals surface area contributed by atoms with Crippen LogP contribution in [0.15, 0.2) is 0 Å². The van der Waals surface area contributed by atoms with Gasteiger partial charge in [-0.15, -0.1) is 0 Å². The molecule has 0 fully saturated rings. The Morgan fingerprint density at radius 2 is 1.80 bits per heavy atom. The molecule has 0 rings (SSSR count). The summed E-state index contributed by atoms with van der Waals surface area (Å²) in [6.45, 7) is 1.65. The summed E-state index contributed by atoms with van der Waals surface area (Å²) in [6.07, 6.45) is 0. The van der Waals surface area contributed by atoms with Crippen LogP contribution in [0.1, 0.15) is 13.8 Å². The van der Waals surface area contributed by atoms with E-state index < -0.39 is 24.0 Å². The van der Waals surface area contributed by atoms with E-state index in [0.717, 1.165) is 6.92 Å². The van der Waals surface area contributed by atoms with Crippen molar-refractivity contribution in [1.82, 2.24) is 10.6 Å². The van der Waals surface area contributed by atoms with Crippen LogP contribution in [0, 0.1) is 0 Å². The zero-order chi connectivity index (χ0) is 12.1. The summed E-state index contributed by atoms with van der Waals surface area (Å²) in [4.78, 5) is 31.8. The predicted octanol–water partition coefficient (Wildman–Crippen LogP) is -1.93. The van der Waals surface area contributed by atoms with Gasteiger partial charge < -0.3 is 20.8 Å². The maximum atomic E-state index is 11.0. The lowest BCUT2D eigenvalue weighted by molar-refractivity contribution is -0.156. The Morgan fingerprint density at radius 3 is 2.20 bits per heavy atom. The molecule has 0 radical (unpaired) electrons. The van der Waals surface area contributed by atoms with E-state index in [1.165, 1.54) is 6.92 Å². The van der Waals surface area contributed by atoms with Crippen LogP contribution in [-0.4, -0.2) is 46.7 Å². The third kappa shape index (κ3) is 5.63. The summed E-state index contributed by atoms with van der Waals surface area (Å²) in [5, 5.41) is 22.1. The van der Waals surface area contributed by atoms with Gasteiger partial charge in [0, 0.05) is 6.92 Å². The molecule has 7 nitrogen and oxygen atoms in total. The van der Waals surface area contributed by atoms with E-state index in [4.69, 9.17) is 5.11 Å². The Kier molecular flexibility index (Phi) is 4.72. The molecule has 0 aromatic carbocycles. The van der Waals surface area contributed by atoms with Gasteiger partial charge in [0.2, 0.25) is 11.8 Å². The number of nitrogens with one attached hydrogen (secondary N) is 2. The van der Waals surface area contributed by atoms with Gasteiger partial charge >= 0.3 is 5.97 Å². The van der Waals surface area contributed by atoms with Crippen molar-refractivity contribution in [2.45, 2.75) is 19.4 Å². The van der Waals surface area contributed by atoms with Gasteiger partial charge in [-0.1, -0.05) is 0 Å². The van der Waals surface area contributed by atoms with E-state index >= 15 is 0 Å². The van der Waals surface area contributed by atoms with E-state index in [-0.39, 0.29) is 12.5 Å². The Bertz CT molecular complexity index is 274. The summed E-state index contributed by atoms with van der Waals surface area (Å²) in [6, 6.07) is 0. The normalized spacial score (nSPS) is 13.8. The van der Waals surface area contributed by atoms with Crippen LogP contribution < -0.4 is 10.6 Å².